The Morgan fingerprint density at radius 1 is 1.25 bits per heavy atom. The molecule has 1 aromatic rings. The minimum atomic E-state index is 0.962. The van der Waals surface area contributed by atoms with Gasteiger partial charge in [-0.05, 0) is 31.1 Å². The van der Waals surface area contributed by atoms with Crippen molar-refractivity contribution in [3.63, 3.8) is 0 Å². The molecule has 1 aliphatic rings. The highest BCUT2D eigenvalue weighted by Crippen LogP contribution is 2.00. The van der Waals surface area contributed by atoms with Gasteiger partial charge < -0.3 is 0 Å². The van der Waals surface area contributed by atoms with Gasteiger partial charge in [0.1, 0.15) is 0 Å². The largest absolute Gasteiger partial charge is 0.284 e. The fourth-order valence-electron chi connectivity index (χ4n) is 1.68. The maximum Gasteiger partial charge on any atom is 0.0675 e. The van der Waals surface area contributed by atoms with Crippen molar-refractivity contribution in [3.05, 3.63) is 34.3 Å². The molecule has 1 aromatic carbocycles. The van der Waals surface area contributed by atoms with Crippen molar-refractivity contribution < 1.29 is 0 Å². The van der Waals surface area contributed by atoms with Crippen molar-refractivity contribution in [1.82, 2.24) is 0 Å². The standard InChI is InChI=1S/C11H13N/c1-8-6-7-12-11-9(2)4-3-5-10(8)11/h3-5H,6-7H2,1-2H3. The molecule has 0 fully saturated rings. The molecule has 62 valence electrons. The molecule has 12 heavy (non-hydrogen) atoms. The zero-order valence-corrected chi connectivity index (χ0v) is 7.59. The van der Waals surface area contributed by atoms with Gasteiger partial charge in [0, 0.05) is 6.54 Å². The molecule has 2 rings (SSSR count). The molecule has 0 unspecified atom stereocenters. The minimum absolute atomic E-state index is 0.962. The van der Waals surface area contributed by atoms with Gasteiger partial charge >= 0.3 is 0 Å². The molecule has 0 saturated carbocycles. The van der Waals surface area contributed by atoms with Crippen molar-refractivity contribution >= 4 is 5.57 Å². The van der Waals surface area contributed by atoms with E-state index in [-0.39, 0.29) is 0 Å². The van der Waals surface area contributed by atoms with Crippen LogP contribution in [0.2, 0.25) is 0 Å². The second kappa shape index (κ2) is 2.74. The van der Waals surface area contributed by atoms with Gasteiger partial charge in [0.05, 0.1) is 5.36 Å². The molecule has 0 amide bonds. The van der Waals surface area contributed by atoms with Crippen molar-refractivity contribution in [2.24, 2.45) is 4.99 Å². The van der Waals surface area contributed by atoms with E-state index in [1.54, 1.807) is 0 Å². The third-order valence-electron chi connectivity index (χ3n) is 2.45. The number of nitrogens with zero attached hydrogens (tertiary/aromatic N) is 1. The summed E-state index contributed by atoms with van der Waals surface area (Å²) in [5.74, 6) is 0. The molecule has 0 radical (unpaired) electrons. The second-order valence-electron chi connectivity index (χ2n) is 3.38. The van der Waals surface area contributed by atoms with E-state index in [2.05, 4.69) is 37.0 Å². The summed E-state index contributed by atoms with van der Waals surface area (Å²) in [6, 6.07) is 6.40. The van der Waals surface area contributed by atoms with Crippen LogP contribution in [-0.4, -0.2) is 6.54 Å². The highest BCUT2D eigenvalue weighted by atomic mass is 14.7. The second-order valence-corrected chi connectivity index (χ2v) is 3.38. The predicted molar refractivity (Wildman–Crippen MR) is 50.5 cm³/mol. The van der Waals surface area contributed by atoms with Gasteiger partial charge in [-0.25, -0.2) is 0 Å². The molecule has 1 heterocycles. The zero-order chi connectivity index (χ0) is 8.55. The van der Waals surface area contributed by atoms with Gasteiger partial charge in [0.15, 0.2) is 0 Å². The third-order valence-corrected chi connectivity index (χ3v) is 2.45. The van der Waals surface area contributed by atoms with E-state index in [4.69, 9.17) is 0 Å². The lowest BCUT2D eigenvalue weighted by Crippen LogP contribution is -2.32. The molecule has 0 N–H and O–H groups in total. The van der Waals surface area contributed by atoms with Gasteiger partial charge in [-0.1, -0.05) is 23.8 Å². The summed E-state index contributed by atoms with van der Waals surface area (Å²) in [6.07, 6.45) is 1.12. The molecule has 0 atom stereocenters. The highest BCUT2D eigenvalue weighted by molar-refractivity contribution is 5.43. The van der Waals surface area contributed by atoms with Crippen molar-refractivity contribution in [2.75, 3.05) is 6.54 Å². The van der Waals surface area contributed by atoms with Gasteiger partial charge in [-0.15, -0.1) is 0 Å². The lowest BCUT2D eigenvalue weighted by atomic mass is 10.1. The van der Waals surface area contributed by atoms with Gasteiger partial charge in [-0.3, -0.25) is 4.99 Å². The quantitative estimate of drug-likeness (QED) is 0.539. The maximum atomic E-state index is 4.52. The average molecular weight is 159 g/mol. The number of fused-ring (bicyclic) bond motifs is 1. The van der Waals surface area contributed by atoms with E-state index in [1.165, 1.54) is 21.7 Å². The fraction of sp³-hybridized carbons (Fsp3) is 0.364. The van der Waals surface area contributed by atoms with E-state index in [9.17, 15) is 0 Å². The van der Waals surface area contributed by atoms with E-state index in [0.29, 0.717) is 0 Å². The zero-order valence-electron chi connectivity index (χ0n) is 7.59. The number of hydrogen-bond acceptors (Lipinski definition) is 1. The summed E-state index contributed by atoms with van der Waals surface area (Å²) in [6.45, 7) is 5.29. The van der Waals surface area contributed by atoms with Crippen LogP contribution in [0.1, 0.15) is 18.9 Å². The Morgan fingerprint density at radius 3 is 2.83 bits per heavy atom. The Hall–Kier alpha value is -1.11. The summed E-state index contributed by atoms with van der Waals surface area (Å²) in [5.41, 5.74) is 2.77. The van der Waals surface area contributed by atoms with E-state index in [0.717, 1.165) is 13.0 Å². The molecule has 0 bridgehead atoms. The van der Waals surface area contributed by atoms with E-state index >= 15 is 0 Å². The first kappa shape index (κ1) is 7.53. The fourth-order valence-corrected chi connectivity index (χ4v) is 1.68. The monoisotopic (exact) mass is 159 g/mol. The first-order chi connectivity index (χ1) is 5.79. The number of aryl methyl sites for hydroxylation is 1. The topological polar surface area (TPSA) is 12.4 Å². The number of para-hydroxylation sites is 1. The van der Waals surface area contributed by atoms with Gasteiger partial charge in [0.25, 0.3) is 0 Å². The lowest BCUT2D eigenvalue weighted by molar-refractivity contribution is 0.924. The van der Waals surface area contributed by atoms with Crippen LogP contribution in [-0.2, 0) is 0 Å². The lowest BCUT2D eigenvalue weighted by Gasteiger charge is -2.06. The van der Waals surface area contributed by atoms with Crippen LogP contribution in [0.4, 0.5) is 0 Å². The summed E-state index contributed by atoms with van der Waals surface area (Å²) in [5, 5.41) is 2.56. The summed E-state index contributed by atoms with van der Waals surface area (Å²) in [4.78, 5) is 4.52. The smallest absolute Gasteiger partial charge is 0.0675 e. The minimum Gasteiger partial charge on any atom is -0.284 e. The SMILES string of the molecule is CC1=c2cccc(C)c2=NCC1. The molecular formula is C11H13N. The van der Waals surface area contributed by atoms with Crippen LogP contribution in [0, 0.1) is 6.92 Å². The number of hydrogen-bond donors (Lipinski definition) is 0. The molecule has 0 spiro atoms. The van der Waals surface area contributed by atoms with Crippen LogP contribution >= 0.6 is 0 Å². The normalized spacial score (nSPS) is 15.3. The van der Waals surface area contributed by atoms with E-state index < -0.39 is 0 Å². The first-order valence-electron chi connectivity index (χ1n) is 4.39. The maximum absolute atomic E-state index is 4.52. The Kier molecular flexibility index (Phi) is 1.72. The van der Waals surface area contributed by atoms with Crippen LogP contribution in [0.5, 0.6) is 0 Å². The van der Waals surface area contributed by atoms with Crippen molar-refractivity contribution in [3.8, 4) is 0 Å². The van der Waals surface area contributed by atoms with Crippen molar-refractivity contribution in [1.29, 1.82) is 0 Å². The van der Waals surface area contributed by atoms with Crippen LogP contribution < -0.4 is 10.6 Å². The predicted octanol–water partition coefficient (Wildman–Crippen LogP) is 1.19. The van der Waals surface area contributed by atoms with Crippen molar-refractivity contribution in [2.45, 2.75) is 20.3 Å². The van der Waals surface area contributed by atoms with Crippen LogP contribution in [0.15, 0.2) is 23.2 Å². The molecule has 0 aliphatic carbocycles. The number of rotatable bonds is 0. The molecular weight excluding hydrogens is 146 g/mol. The molecule has 0 aromatic heterocycles. The van der Waals surface area contributed by atoms with Gasteiger partial charge in [-0.2, -0.15) is 0 Å². The Bertz CT molecular complexity index is 415. The average Bonchev–Trinajstić information content (AvgIpc) is 2.07. The summed E-state index contributed by atoms with van der Waals surface area (Å²) >= 11 is 0. The molecule has 1 heteroatoms. The Labute approximate surface area is 72.5 Å². The van der Waals surface area contributed by atoms with Crippen LogP contribution in [0.3, 0.4) is 0 Å². The molecule has 0 saturated heterocycles. The molecule has 1 nitrogen and oxygen atoms in total. The van der Waals surface area contributed by atoms with Gasteiger partial charge in [0.2, 0.25) is 0 Å². The Morgan fingerprint density at radius 2 is 2.08 bits per heavy atom. The van der Waals surface area contributed by atoms with Crippen LogP contribution in [0.25, 0.3) is 5.57 Å². The summed E-state index contributed by atoms with van der Waals surface area (Å²) in [7, 11) is 0. The Balaban J connectivity index is 2.93. The first-order valence-corrected chi connectivity index (χ1v) is 4.39. The van der Waals surface area contributed by atoms with E-state index in [1.807, 2.05) is 0 Å². The summed E-state index contributed by atoms with van der Waals surface area (Å²) < 4.78 is 0. The highest BCUT2D eigenvalue weighted by Gasteiger charge is 2.01. The molecule has 1 aliphatic heterocycles. The number of benzene rings is 1. The third kappa shape index (κ3) is 1.06.